The van der Waals surface area contributed by atoms with E-state index in [0.717, 1.165) is 5.56 Å². The molecule has 1 rings (SSSR count). The molecule has 1 aromatic rings. The van der Waals surface area contributed by atoms with Crippen LogP contribution in [0.5, 0.6) is 0 Å². The van der Waals surface area contributed by atoms with E-state index in [0.29, 0.717) is 6.54 Å². The summed E-state index contributed by atoms with van der Waals surface area (Å²) in [6, 6.07) is 4.55. The summed E-state index contributed by atoms with van der Waals surface area (Å²) in [6.07, 6.45) is 0.277. The fourth-order valence-electron chi connectivity index (χ4n) is 1.31. The van der Waals surface area contributed by atoms with Gasteiger partial charge >= 0.3 is 0 Å². The lowest BCUT2D eigenvalue weighted by molar-refractivity contribution is -0.117. The van der Waals surface area contributed by atoms with Crippen molar-refractivity contribution in [3.8, 4) is 0 Å². The van der Waals surface area contributed by atoms with Gasteiger partial charge in [0.1, 0.15) is 5.82 Å². The Kier molecular flexibility index (Phi) is 4.71. The van der Waals surface area contributed by atoms with Crippen molar-refractivity contribution < 1.29 is 9.18 Å². The summed E-state index contributed by atoms with van der Waals surface area (Å²) in [5, 5.41) is 3.19. The summed E-state index contributed by atoms with van der Waals surface area (Å²) in [4.78, 5) is 10.5. The van der Waals surface area contributed by atoms with Gasteiger partial charge in [-0.3, -0.25) is 4.79 Å². The summed E-state index contributed by atoms with van der Waals surface area (Å²) in [5.41, 5.74) is 5.88. The van der Waals surface area contributed by atoms with Crippen molar-refractivity contribution >= 4 is 17.5 Å². The number of benzene rings is 1. The molecule has 0 aliphatic heterocycles. The van der Waals surface area contributed by atoms with E-state index in [1.165, 1.54) is 6.07 Å². The molecule has 3 N–H and O–H groups in total. The van der Waals surface area contributed by atoms with Gasteiger partial charge in [0, 0.05) is 19.0 Å². The maximum absolute atomic E-state index is 12.9. The van der Waals surface area contributed by atoms with Crippen molar-refractivity contribution in [2.45, 2.75) is 19.4 Å². The molecule has 16 heavy (non-hydrogen) atoms. The number of primary amides is 1. The van der Waals surface area contributed by atoms with Crippen molar-refractivity contribution in [2.24, 2.45) is 5.73 Å². The SMILES string of the molecule is CC(NCCC(N)=O)c1ccc(F)c(Cl)c1. The molecule has 0 bridgehead atoms. The van der Waals surface area contributed by atoms with E-state index in [9.17, 15) is 9.18 Å². The highest BCUT2D eigenvalue weighted by Gasteiger charge is 2.07. The molecule has 5 heteroatoms. The zero-order chi connectivity index (χ0) is 12.1. The molecule has 0 aliphatic carbocycles. The smallest absolute Gasteiger partial charge is 0.218 e. The molecule has 0 heterocycles. The largest absolute Gasteiger partial charge is 0.370 e. The summed E-state index contributed by atoms with van der Waals surface area (Å²) in [6.45, 7) is 2.40. The third-order valence-electron chi connectivity index (χ3n) is 2.27. The molecular formula is C11H14ClFN2O. The van der Waals surface area contributed by atoms with Crippen molar-refractivity contribution in [2.75, 3.05) is 6.54 Å². The molecule has 0 saturated carbocycles. The molecule has 0 aliphatic rings. The Morgan fingerprint density at radius 3 is 2.88 bits per heavy atom. The van der Waals surface area contributed by atoms with Crippen LogP contribution in [0.4, 0.5) is 4.39 Å². The summed E-state index contributed by atoms with van der Waals surface area (Å²) in [7, 11) is 0. The minimum atomic E-state index is -0.435. The molecule has 1 aromatic carbocycles. The fraction of sp³-hybridized carbons (Fsp3) is 0.364. The van der Waals surface area contributed by atoms with Crippen LogP contribution in [-0.2, 0) is 4.79 Å². The summed E-state index contributed by atoms with van der Waals surface area (Å²) < 4.78 is 12.9. The van der Waals surface area contributed by atoms with Gasteiger partial charge in [-0.05, 0) is 24.6 Å². The lowest BCUT2D eigenvalue weighted by Crippen LogP contribution is -2.24. The van der Waals surface area contributed by atoms with E-state index < -0.39 is 5.82 Å². The van der Waals surface area contributed by atoms with Crippen LogP contribution >= 0.6 is 11.6 Å². The fourth-order valence-corrected chi connectivity index (χ4v) is 1.50. The quantitative estimate of drug-likeness (QED) is 0.833. The average molecular weight is 245 g/mol. The number of rotatable bonds is 5. The number of halogens is 2. The zero-order valence-corrected chi connectivity index (χ0v) is 9.72. The van der Waals surface area contributed by atoms with Crippen molar-refractivity contribution in [3.63, 3.8) is 0 Å². The van der Waals surface area contributed by atoms with Gasteiger partial charge in [0.15, 0.2) is 0 Å². The highest BCUT2D eigenvalue weighted by atomic mass is 35.5. The number of nitrogens with two attached hydrogens (primary N) is 1. The Bertz CT molecular complexity index is 384. The molecule has 3 nitrogen and oxygen atoms in total. The van der Waals surface area contributed by atoms with E-state index in [-0.39, 0.29) is 23.4 Å². The molecular weight excluding hydrogens is 231 g/mol. The first-order valence-corrected chi connectivity index (χ1v) is 5.35. The average Bonchev–Trinajstić information content (AvgIpc) is 2.21. The molecule has 0 radical (unpaired) electrons. The van der Waals surface area contributed by atoms with Gasteiger partial charge < -0.3 is 11.1 Å². The Hall–Kier alpha value is -1.13. The zero-order valence-electron chi connectivity index (χ0n) is 8.97. The molecule has 0 spiro atoms. The van der Waals surface area contributed by atoms with Gasteiger partial charge in [-0.2, -0.15) is 0 Å². The maximum Gasteiger partial charge on any atom is 0.218 e. The predicted molar refractivity (Wildman–Crippen MR) is 61.6 cm³/mol. The van der Waals surface area contributed by atoms with Gasteiger partial charge in [-0.25, -0.2) is 4.39 Å². The highest BCUT2D eigenvalue weighted by molar-refractivity contribution is 6.30. The number of carbonyl (C=O) groups is 1. The topological polar surface area (TPSA) is 55.1 Å². The van der Waals surface area contributed by atoms with Gasteiger partial charge in [-0.1, -0.05) is 17.7 Å². The van der Waals surface area contributed by atoms with Crippen molar-refractivity contribution in [1.29, 1.82) is 0 Å². The van der Waals surface area contributed by atoms with Gasteiger partial charge in [-0.15, -0.1) is 0 Å². The molecule has 0 fully saturated rings. The number of amides is 1. The maximum atomic E-state index is 12.9. The molecule has 88 valence electrons. The van der Waals surface area contributed by atoms with Crippen molar-refractivity contribution in [1.82, 2.24) is 5.32 Å². The van der Waals surface area contributed by atoms with E-state index in [1.54, 1.807) is 12.1 Å². The molecule has 1 amide bonds. The van der Waals surface area contributed by atoms with Crippen molar-refractivity contribution in [3.05, 3.63) is 34.6 Å². The van der Waals surface area contributed by atoms with Gasteiger partial charge in [0.2, 0.25) is 5.91 Å². The van der Waals surface area contributed by atoms with Crippen LogP contribution in [0.15, 0.2) is 18.2 Å². The molecule has 1 atom stereocenters. The number of hydrogen-bond donors (Lipinski definition) is 2. The third kappa shape index (κ3) is 3.79. The lowest BCUT2D eigenvalue weighted by Gasteiger charge is -2.14. The molecule has 0 saturated heterocycles. The van der Waals surface area contributed by atoms with Crippen LogP contribution in [-0.4, -0.2) is 12.5 Å². The third-order valence-corrected chi connectivity index (χ3v) is 2.56. The van der Waals surface area contributed by atoms with Gasteiger partial charge in [0.05, 0.1) is 5.02 Å². The minimum absolute atomic E-state index is 0.00236. The minimum Gasteiger partial charge on any atom is -0.370 e. The molecule has 0 aromatic heterocycles. The number of nitrogens with one attached hydrogen (secondary N) is 1. The van der Waals surface area contributed by atoms with Crippen LogP contribution in [0.3, 0.4) is 0 Å². The first kappa shape index (κ1) is 12.9. The second kappa shape index (κ2) is 5.82. The van der Waals surface area contributed by atoms with Crippen LogP contribution in [0.1, 0.15) is 24.9 Å². The standard InChI is InChI=1S/C11H14ClFN2O/c1-7(15-5-4-11(14)16)8-2-3-10(13)9(12)6-8/h2-3,6-7,15H,4-5H2,1H3,(H2,14,16). The van der Waals surface area contributed by atoms with Crippen LogP contribution in [0.2, 0.25) is 5.02 Å². The second-order valence-corrected chi connectivity index (χ2v) is 3.97. The summed E-state index contributed by atoms with van der Waals surface area (Å²) >= 11 is 5.67. The molecule has 1 unspecified atom stereocenters. The van der Waals surface area contributed by atoms with E-state index in [4.69, 9.17) is 17.3 Å². The van der Waals surface area contributed by atoms with E-state index >= 15 is 0 Å². The normalized spacial score (nSPS) is 12.4. The highest BCUT2D eigenvalue weighted by Crippen LogP contribution is 2.20. The summed E-state index contributed by atoms with van der Waals surface area (Å²) in [5.74, 6) is -0.786. The Labute approximate surface area is 98.8 Å². The first-order chi connectivity index (χ1) is 7.50. The van der Waals surface area contributed by atoms with E-state index in [2.05, 4.69) is 5.32 Å². The Morgan fingerprint density at radius 2 is 2.31 bits per heavy atom. The second-order valence-electron chi connectivity index (χ2n) is 3.57. The van der Waals surface area contributed by atoms with E-state index in [1.807, 2.05) is 6.92 Å². The Balaban J connectivity index is 2.55. The van der Waals surface area contributed by atoms with Crippen LogP contribution in [0.25, 0.3) is 0 Å². The van der Waals surface area contributed by atoms with Crippen LogP contribution in [0, 0.1) is 5.82 Å². The number of carbonyl (C=O) groups excluding carboxylic acids is 1. The first-order valence-electron chi connectivity index (χ1n) is 4.97. The van der Waals surface area contributed by atoms with Gasteiger partial charge in [0.25, 0.3) is 0 Å². The monoisotopic (exact) mass is 244 g/mol. The number of hydrogen-bond acceptors (Lipinski definition) is 2. The Morgan fingerprint density at radius 1 is 1.62 bits per heavy atom. The lowest BCUT2D eigenvalue weighted by atomic mass is 10.1. The van der Waals surface area contributed by atoms with Crippen LogP contribution < -0.4 is 11.1 Å². The predicted octanol–water partition coefficient (Wildman–Crippen LogP) is 2.01.